The molecule has 3 aromatic carbocycles. The van der Waals surface area contributed by atoms with Crippen LogP contribution in [-0.4, -0.2) is 81.4 Å². The first-order chi connectivity index (χ1) is 21.2. The Balaban J connectivity index is 1.29. The Morgan fingerprint density at radius 2 is 1.70 bits per heavy atom. The van der Waals surface area contributed by atoms with E-state index < -0.39 is 32.3 Å². The molecule has 1 amide bonds. The molecular weight excluding hydrogens is 590 g/mol. The third-order valence-electron chi connectivity index (χ3n) is 8.24. The van der Waals surface area contributed by atoms with Crippen molar-refractivity contribution in [2.75, 3.05) is 61.5 Å². The van der Waals surface area contributed by atoms with Gasteiger partial charge in [0.25, 0.3) is 5.91 Å². The van der Waals surface area contributed by atoms with E-state index in [0.29, 0.717) is 41.4 Å². The molecule has 2 aliphatic heterocycles. The summed E-state index contributed by atoms with van der Waals surface area (Å²) in [5.74, 6) is -2.29. The summed E-state index contributed by atoms with van der Waals surface area (Å²) >= 11 is 0. The fourth-order valence-electron chi connectivity index (χ4n) is 5.68. The Morgan fingerprint density at radius 1 is 0.977 bits per heavy atom. The molecule has 2 aliphatic rings. The van der Waals surface area contributed by atoms with Gasteiger partial charge in [0.15, 0.2) is 5.82 Å². The first kappa shape index (κ1) is 30.0. The summed E-state index contributed by atoms with van der Waals surface area (Å²) in [6.07, 6.45) is 1.63. The fraction of sp³-hybridized carbons (Fsp3) is 0.355. The van der Waals surface area contributed by atoms with Crippen LogP contribution in [0.5, 0.6) is 0 Å². The van der Waals surface area contributed by atoms with Gasteiger partial charge in [0, 0.05) is 68.3 Å². The molecule has 3 N–H and O–H groups in total. The summed E-state index contributed by atoms with van der Waals surface area (Å²) in [6.45, 7) is 8.19. The van der Waals surface area contributed by atoms with Crippen LogP contribution < -0.4 is 15.5 Å². The first-order valence-electron chi connectivity index (χ1n) is 14.7. The summed E-state index contributed by atoms with van der Waals surface area (Å²) in [5, 5.41) is 13.7. The first-order valence-corrected chi connectivity index (χ1v) is 16.2. The molecule has 0 aliphatic carbocycles. The lowest BCUT2D eigenvalue weighted by atomic mass is 10.1. The van der Waals surface area contributed by atoms with Gasteiger partial charge in [-0.25, -0.2) is 17.2 Å². The predicted octanol–water partition coefficient (Wildman–Crippen LogP) is 4.66. The number of H-pyrrole nitrogens is 1. The van der Waals surface area contributed by atoms with E-state index in [1.54, 1.807) is 6.07 Å². The van der Waals surface area contributed by atoms with Gasteiger partial charge in [-0.05, 0) is 67.9 Å². The number of hydrogen-bond acceptors (Lipinski definition) is 8. The van der Waals surface area contributed by atoms with Gasteiger partial charge in [0.05, 0.1) is 20.9 Å². The van der Waals surface area contributed by atoms with Crippen molar-refractivity contribution in [2.45, 2.75) is 35.6 Å². The molecule has 232 valence electrons. The van der Waals surface area contributed by atoms with Crippen LogP contribution in [0.25, 0.3) is 10.9 Å². The lowest BCUT2D eigenvalue weighted by molar-refractivity contribution is 0.0904. The van der Waals surface area contributed by atoms with Crippen LogP contribution in [0, 0.1) is 11.6 Å². The predicted molar refractivity (Wildman–Crippen MR) is 164 cm³/mol. The maximum atomic E-state index is 13.8. The number of hydrogen-bond donors (Lipinski definition) is 3. The van der Waals surface area contributed by atoms with Gasteiger partial charge in [-0.1, -0.05) is 6.92 Å². The van der Waals surface area contributed by atoms with Gasteiger partial charge in [-0.15, -0.1) is 0 Å². The van der Waals surface area contributed by atoms with E-state index in [1.165, 1.54) is 18.2 Å². The number of benzene rings is 3. The highest BCUT2D eigenvalue weighted by molar-refractivity contribution is 7.91. The van der Waals surface area contributed by atoms with Crippen molar-refractivity contribution in [1.82, 2.24) is 15.1 Å². The summed E-state index contributed by atoms with van der Waals surface area (Å²) in [6, 6.07) is 12.2. The number of aromatic amines is 1. The summed E-state index contributed by atoms with van der Waals surface area (Å²) < 4.78 is 59.6. The zero-order valence-electron chi connectivity index (χ0n) is 24.3. The second-order valence-corrected chi connectivity index (χ2v) is 13.0. The van der Waals surface area contributed by atoms with Crippen molar-refractivity contribution >= 4 is 43.8 Å². The van der Waals surface area contributed by atoms with Gasteiger partial charge in [-0.3, -0.25) is 9.89 Å². The second-order valence-electron chi connectivity index (χ2n) is 11.0. The molecule has 0 unspecified atom stereocenters. The number of sulfone groups is 1. The van der Waals surface area contributed by atoms with Gasteiger partial charge in [0.1, 0.15) is 11.6 Å². The van der Waals surface area contributed by atoms with Gasteiger partial charge in [-0.2, -0.15) is 5.10 Å². The zero-order chi connectivity index (χ0) is 30.8. The third kappa shape index (κ3) is 6.26. The van der Waals surface area contributed by atoms with E-state index in [0.717, 1.165) is 63.4 Å². The number of aromatic nitrogens is 2. The van der Waals surface area contributed by atoms with E-state index in [9.17, 15) is 22.0 Å². The van der Waals surface area contributed by atoms with E-state index in [2.05, 4.69) is 37.6 Å². The molecule has 0 saturated carbocycles. The Bertz CT molecular complexity index is 1760. The second kappa shape index (κ2) is 12.5. The van der Waals surface area contributed by atoms with E-state index in [4.69, 9.17) is 4.74 Å². The number of piperazine rings is 1. The van der Waals surface area contributed by atoms with Crippen molar-refractivity contribution < 1.29 is 26.7 Å². The molecule has 2 saturated heterocycles. The monoisotopic (exact) mass is 624 g/mol. The number of nitrogens with one attached hydrogen (secondary N) is 3. The third-order valence-corrected chi connectivity index (χ3v) is 9.97. The maximum Gasteiger partial charge on any atom is 0.258 e. The minimum absolute atomic E-state index is 0.129. The topological polar surface area (TPSA) is 120 Å². The molecule has 1 aromatic heterocycles. The van der Waals surface area contributed by atoms with Crippen LogP contribution in [-0.2, 0) is 14.6 Å². The van der Waals surface area contributed by atoms with Crippen molar-refractivity contribution in [2.24, 2.45) is 0 Å². The number of fused-ring (bicyclic) bond motifs is 1. The quantitative estimate of drug-likeness (QED) is 0.259. The number of amides is 1. The smallest absolute Gasteiger partial charge is 0.258 e. The Hall–Kier alpha value is -4.07. The molecule has 0 spiro atoms. The molecule has 4 aromatic rings. The highest BCUT2D eigenvalue weighted by Gasteiger charge is 2.24. The highest BCUT2D eigenvalue weighted by atomic mass is 32.2. The Morgan fingerprint density at radius 3 is 2.41 bits per heavy atom. The van der Waals surface area contributed by atoms with Crippen molar-refractivity contribution in [1.29, 1.82) is 0 Å². The number of ether oxygens (including phenoxy) is 1. The molecule has 6 rings (SSSR count). The number of rotatable bonds is 8. The molecule has 3 heterocycles. The minimum atomic E-state index is -4.26. The number of nitrogens with zero attached hydrogens (tertiary/aromatic N) is 3. The van der Waals surface area contributed by atoms with Gasteiger partial charge in [0.2, 0.25) is 9.84 Å². The SMILES string of the molecule is CCN1CCN(c2ccc(C(=O)Nc3n[nH]c4ccc(S(=O)(=O)c5cc(F)cc(F)c5)cc34)c(NC3CCOCC3)c2)CC1. The number of carbonyl (C=O) groups is 1. The van der Waals surface area contributed by atoms with Gasteiger partial charge < -0.3 is 25.2 Å². The van der Waals surface area contributed by atoms with Crippen LogP contribution in [0.4, 0.5) is 26.0 Å². The van der Waals surface area contributed by atoms with Crippen LogP contribution in [0.3, 0.4) is 0 Å². The van der Waals surface area contributed by atoms with Crippen LogP contribution in [0.15, 0.2) is 64.4 Å². The molecule has 13 heteroatoms. The van der Waals surface area contributed by atoms with Crippen LogP contribution >= 0.6 is 0 Å². The lowest BCUT2D eigenvalue weighted by Gasteiger charge is -2.36. The molecule has 0 atom stereocenters. The van der Waals surface area contributed by atoms with Crippen molar-refractivity contribution in [3.8, 4) is 0 Å². The lowest BCUT2D eigenvalue weighted by Crippen LogP contribution is -2.46. The fourth-order valence-corrected chi connectivity index (χ4v) is 7.01. The van der Waals surface area contributed by atoms with Crippen LogP contribution in [0.2, 0.25) is 0 Å². The minimum Gasteiger partial charge on any atom is -0.381 e. The summed E-state index contributed by atoms with van der Waals surface area (Å²) in [5.41, 5.74) is 2.62. The van der Waals surface area contributed by atoms with Crippen molar-refractivity contribution in [3.05, 3.63) is 71.8 Å². The molecule has 0 bridgehead atoms. The Labute approximate surface area is 254 Å². The van der Waals surface area contributed by atoms with Gasteiger partial charge >= 0.3 is 0 Å². The number of carbonyl (C=O) groups excluding carboxylic acids is 1. The largest absolute Gasteiger partial charge is 0.381 e. The standard InChI is InChI=1S/C31H34F2N6O4S/c1-2-38-9-11-39(12-10-38)23-3-5-26(29(18-23)34-22-7-13-43-14-8-22)31(40)35-30-27-19-24(4-6-28(27)36-37-30)44(41,42)25-16-20(32)15-21(33)17-25/h3-6,15-19,22,34H,2,7-14H2,1H3,(H2,35,36,37,40). The average molecular weight is 625 g/mol. The molecule has 10 nitrogen and oxygen atoms in total. The number of anilines is 3. The Kier molecular flexibility index (Phi) is 8.52. The molecule has 2 fully saturated rings. The van der Waals surface area contributed by atoms with E-state index in [-0.39, 0.29) is 16.8 Å². The number of halogens is 2. The zero-order valence-corrected chi connectivity index (χ0v) is 25.1. The highest BCUT2D eigenvalue weighted by Crippen LogP contribution is 2.31. The van der Waals surface area contributed by atoms with Crippen molar-refractivity contribution in [3.63, 3.8) is 0 Å². The molecular formula is C31H34F2N6O4S. The maximum absolute atomic E-state index is 13.8. The van der Waals surface area contributed by atoms with Crippen LogP contribution in [0.1, 0.15) is 30.1 Å². The summed E-state index contributed by atoms with van der Waals surface area (Å²) in [7, 11) is -4.26. The average Bonchev–Trinajstić information content (AvgIpc) is 3.43. The number of likely N-dealkylation sites (N-methyl/N-ethyl adjacent to an activating group) is 1. The normalized spacial score (nSPS) is 16.8. The molecule has 0 radical (unpaired) electrons. The van der Waals surface area contributed by atoms with E-state index in [1.807, 2.05) is 12.1 Å². The van der Waals surface area contributed by atoms with E-state index >= 15 is 0 Å². The summed E-state index contributed by atoms with van der Waals surface area (Å²) in [4.78, 5) is 17.7. The molecule has 44 heavy (non-hydrogen) atoms.